The van der Waals surface area contributed by atoms with Gasteiger partial charge < -0.3 is 39.8 Å². The second kappa shape index (κ2) is 16.7. The first kappa shape index (κ1) is 39.3. The van der Waals surface area contributed by atoms with Crippen LogP contribution >= 0.6 is 0 Å². The fourth-order valence-electron chi connectivity index (χ4n) is 9.44. The molecule has 13 nitrogen and oxygen atoms in total. The zero-order chi connectivity index (χ0) is 38.0. The molecule has 13 heteroatoms. The maximum absolute atomic E-state index is 14.8. The van der Waals surface area contributed by atoms with Gasteiger partial charge in [-0.05, 0) is 56.1 Å². The van der Waals surface area contributed by atoms with Gasteiger partial charge in [-0.25, -0.2) is 0 Å². The van der Waals surface area contributed by atoms with Crippen molar-refractivity contribution < 1.29 is 48.4 Å². The molecule has 0 spiro atoms. The molecular formula is C41H59N3O10. The molecule has 6 fully saturated rings. The first-order valence-corrected chi connectivity index (χ1v) is 20.4. The Bertz CT molecular complexity index is 1510. The van der Waals surface area contributed by atoms with Gasteiger partial charge in [0.1, 0.15) is 35.9 Å². The van der Waals surface area contributed by atoms with Crippen molar-refractivity contribution >= 4 is 23.9 Å². The second-order valence-corrected chi connectivity index (χ2v) is 16.3. The molecule has 2 saturated carbocycles. The fraction of sp³-hybridized carbons (Fsp3) is 0.732. The Kier molecular flexibility index (Phi) is 12.1. The summed E-state index contributed by atoms with van der Waals surface area (Å²) in [5, 5.41) is 26.8. The summed E-state index contributed by atoms with van der Waals surface area (Å²) in [7, 11) is 0. The fourth-order valence-corrected chi connectivity index (χ4v) is 9.44. The number of ether oxygens (including phenoxy) is 4. The van der Waals surface area contributed by atoms with Gasteiger partial charge in [-0.2, -0.15) is 5.06 Å². The van der Waals surface area contributed by atoms with E-state index in [0.29, 0.717) is 31.0 Å². The third-order valence-corrected chi connectivity index (χ3v) is 12.4. The van der Waals surface area contributed by atoms with Crippen LogP contribution in [0.4, 0.5) is 0 Å². The lowest BCUT2D eigenvalue weighted by molar-refractivity contribution is -0.224. The van der Waals surface area contributed by atoms with Crippen molar-refractivity contribution in [1.82, 2.24) is 15.7 Å². The SMILES string of the molecule is CCCCCC1(CCCCC)O[C@@H]2[C@H]3ON(Cc4ccc(C=CC5CCC6OC6C5)cc4)[C@H]4C(=O)OC(CC34C(=O)N[C@@H](C(=O)NCCO)[C@H](C)O)[C@@H]2O1. The van der Waals surface area contributed by atoms with Crippen molar-refractivity contribution in [3.63, 3.8) is 0 Å². The molecule has 5 unspecified atom stereocenters. The van der Waals surface area contributed by atoms with Gasteiger partial charge in [0, 0.05) is 25.8 Å². The van der Waals surface area contributed by atoms with E-state index >= 15 is 0 Å². The summed E-state index contributed by atoms with van der Waals surface area (Å²) in [6, 6.07) is 5.58. The number of aliphatic hydroxyl groups excluding tert-OH is 2. The van der Waals surface area contributed by atoms with Crippen molar-refractivity contribution in [3.05, 3.63) is 41.5 Å². The van der Waals surface area contributed by atoms with Crippen molar-refractivity contribution in [1.29, 1.82) is 0 Å². The number of unbranched alkanes of at least 4 members (excludes halogenated alkanes) is 4. The smallest absolute Gasteiger partial charge is 0.327 e. The van der Waals surface area contributed by atoms with Gasteiger partial charge in [-0.15, -0.1) is 0 Å². The molecule has 6 aliphatic rings. The number of fused-ring (bicyclic) bond motifs is 5. The summed E-state index contributed by atoms with van der Waals surface area (Å²) in [5.41, 5.74) is 0.432. The Morgan fingerprint density at radius 3 is 2.39 bits per heavy atom. The number of carbonyl (C=O) groups is 3. The van der Waals surface area contributed by atoms with E-state index in [-0.39, 0.29) is 26.1 Å². The second-order valence-electron chi connectivity index (χ2n) is 16.3. The van der Waals surface area contributed by atoms with Crippen LogP contribution in [0, 0.1) is 11.3 Å². The van der Waals surface area contributed by atoms with Crippen LogP contribution in [0.3, 0.4) is 0 Å². The summed E-state index contributed by atoms with van der Waals surface area (Å²) >= 11 is 0. The van der Waals surface area contributed by atoms with E-state index in [0.717, 1.165) is 68.9 Å². The largest absolute Gasteiger partial charge is 0.458 e. The molecule has 2 amide bonds. The highest BCUT2D eigenvalue weighted by Crippen LogP contribution is 2.58. The van der Waals surface area contributed by atoms with E-state index < -0.39 is 71.6 Å². The number of benzene rings is 1. The van der Waals surface area contributed by atoms with Gasteiger partial charge in [0.2, 0.25) is 11.8 Å². The lowest BCUT2D eigenvalue weighted by Gasteiger charge is -2.49. The Morgan fingerprint density at radius 2 is 1.72 bits per heavy atom. The predicted molar refractivity (Wildman–Crippen MR) is 197 cm³/mol. The zero-order valence-electron chi connectivity index (χ0n) is 32.0. The number of amides is 2. The molecule has 2 aliphatic carbocycles. The molecule has 2 bridgehead atoms. The third-order valence-electron chi connectivity index (χ3n) is 12.4. The highest BCUT2D eigenvalue weighted by atomic mass is 16.8. The Hall–Kier alpha value is -2.91. The van der Waals surface area contributed by atoms with Crippen LogP contribution in [0.1, 0.15) is 109 Å². The molecule has 1 aromatic carbocycles. The maximum atomic E-state index is 14.8. The first-order valence-electron chi connectivity index (χ1n) is 20.4. The molecule has 7 rings (SSSR count). The average molecular weight is 754 g/mol. The number of esters is 1. The number of carbonyl (C=O) groups excluding carboxylic acids is 3. The average Bonchev–Trinajstić information content (AvgIpc) is 3.71. The number of nitrogens with zero attached hydrogens (tertiary/aromatic N) is 1. The molecular weight excluding hydrogens is 694 g/mol. The van der Waals surface area contributed by atoms with Gasteiger partial charge in [0.15, 0.2) is 11.8 Å². The number of nitrogens with one attached hydrogen (secondary N) is 2. The van der Waals surface area contributed by atoms with Crippen LogP contribution in [0.25, 0.3) is 6.08 Å². The summed E-state index contributed by atoms with van der Waals surface area (Å²) in [6.45, 7) is 5.55. The monoisotopic (exact) mass is 753 g/mol. The van der Waals surface area contributed by atoms with Crippen molar-refractivity contribution in [3.8, 4) is 0 Å². The molecule has 4 N–H and O–H groups in total. The molecule has 1 aromatic rings. The molecule has 4 saturated heterocycles. The van der Waals surface area contributed by atoms with E-state index in [1.54, 1.807) is 5.06 Å². The first-order chi connectivity index (χ1) is 26.1. The van der Waals surface area contributed by atoms with Crippen LogP contribution < -0.4 is 10.6 Å². The molecule has 4 aliphatic heterocycles. The minimum atomic E-state index is -1.51. The summed E-state index contributed by atoms with van der Waals surface area (Å²) in [4.78, 5) is 48.8. The standard InChI is InChI=1S/C41H59N3O10/c1-4-6-8-18-40(19-9-7-5-2)52-33-31-23-41(39(49)43-32(25(3)46)37(47)42-20-21-45)35(38(48)51-31)44(54-36(41)34(33)53-40)24-28-14-11-26(12-15-28)10-13-27-16-17-29-30(22-27)50-29/h10-15,25,27,29-36,45-46H,4-9,16-24H2,1-3H3,(H,42,47)(H,43,49)/t25-,27?,29?,30?,31?,32+,33-,34-,35-,36+,41?/m0/s1. The number of rotatable bonds is 18. The minimum Gasteiger partial charge on any atom is -0.458 e. The van der Waals surface area contributed by atoms with Gasteiger partial charge in [-0.3, -0.25) is 19.2 Å². The van der Waals surface area contributed by atoms with E-state index in [2.05, 4.69) is 36.6 Å². The Labute approximate surface area is 318 Å². The Morgan fingerprint density at radius 1 is 1.00 bits per heavy atom. The number of aliphatic hydroxyl groups is 2. The van der Waals surface area contributed by atoms with Gasteiger partial charge >= 0.3 is 5.97 Å². The van der Waals surface area contributed by atoms with Crippen LogP contribution in [-0.2, 0) is 44.7 Å². The highest BCUT2D eigenvalue weighted by molar-refractivity contribution is 5.96. The lowest BCUT2D eigenvalue weighted by atomic mass is 9.62. The summed E-state index contributed by atoms with van der Waals surface area (Å²) < 4.78 is 25.6. The number of allylic oxidation sites excluding steroid dienone is 1. The van der Waals surface area contributed by atoms with Crippen LogP contribution in [0.5, 0.6) is 0 Å². The lowest BCUT2D eigenvalue weighted by Crippen LogP contribution is -2.71. The Balaban J connectivity index is 1.17. The highest BCUT2D eigenvalue weighted by Gasteiger charge is 2.76. The van der Waals surface area contributed by atoms with Gasteiger partial charge in [0.25, 0.3) is 0 Å². The van der Waals surface area contributed by atoms with Crippen LogP contribution in [-0.4, -0.2) is 107 Å². The quantitative estimate of drug-likeness (QED) is 0.0981. The molecule has 298 valence electrons. The predicted octanol–water partition coefficient (Wildman–Crippen LogP) is 3.68. The number of hydroxylamine groups is 2. The minimum absolute atomic E-state index is 0.0440. The van der Waals surface area contributed by atoms with E-state index in [4.69, 9.17) is 23.8 Å². The molecule has 0 aromatic heterocycles. The van der Waals surface area contributed by atoms with Crippen molar-refractivity contribution in [2.45, 2.75) is 165 Å². The van der Waals surface area contributed by atoms with Gasteiger partial charge in [-0.1, -0.05) is 75.9 Å². The third kappa shape index (κ3) is 7.87. The molecule has 0 radical (unpaired) electrons. The number of hydrogen-bond donors (Lipinski definition) is 4. The summed E-state index contributed by atoms with van der Waals surface area (Å²) in [5.74, 6) is -2.25. The maximum Gasteiger partial charge on any atom is 0.327 e. The van der Waals surface area contributed by atoms with Crippen LogP contribution in [0.2, 0.25) is 0 Å². The molecule has 11 atom stereocenters. The van der Waals surface area contributed by atoms with Crippen molar-refractivity contribution in [2.24, 2.45) is 11.3 Å². The van der Waals surface area contributed by atoms with E-state index in [1.807, 2.05) is 24.3 Å². The molecule has 4 heterocycles. The number of hydrogen-bond acceptors (Lipinski definition) is 11. The molecule has 54 heavy (non-hydrogen) atoms. The van der Waals surface area contributed by atoms with E-state index in [9.17, 15) is 24.6 Å². The number of epoxide rings is 1. The van der Waals surface area contributed by atoms with Crippen LogP contribution in [0.15, 0.2) is 30.3 Å². The zero-order valence-corrected chi connectivity index (χ0v) is 32.0. The van der Waals surface area contributed by atoms with Crippen molar-refractivity contribution in [2.75, 3.05) is 13.2 Å². The van der Waals surface area contributed by atoms with E-state index in [1.165, 1.54) is 6.92 Å². The topological polar surface area (TPSA) is 168 Å². The normalized spacial score (nSPS) is 34.5. The summed E-state index contributed by atoms with van der Waals surface area (Å²) in [6.07, 6.45) is 11.6. The van der Waals surface area contributed by atoms with Gasteiger partial charge in [0.05, 0.1) is 31.5 Å².